The zero-order valence-corrected chi connectivity index (χ0v) is 13.4. The van der Waals surface area contributed by atoms with Gasteiger partial charge in [-0.05, 0) is 41.1 Å². The topological polar surface area (TPSA) is 38.8 Å². The molecule has 4 nitrogen and oxygen atoms in total. The Balaban J connectivity index is 2.96. The quantitative estimate of drug-likeness (QED) is 0.761. The van der Waals surface area contributed by atoms with Gasteiger partial charge in [0.25, 0.3) is 5.91 Å². The molecule has 1 atom stereocenters. The molecule has 0 radical (unpaired) electrons. The lowest BCUT2D eigenvalue weighted by Gasteiger charge is -2.29. The van der Waals surface area contributed by atoms with Gasteiger partial charge in [0.05, 0.1) is 24.8 Å². The molecule has 1 unspecified atom stereocenters. The summed E-state index contributed by atoms with van der Waals surface area (Å²) in [5, 5.41) is 0. The fourth-order valence-corrected chi connectivity index (χ4v) is 2.38. The first-order valence-electron chi connectivity index (χ1n) is 6.25. The Bertz CT molecular complexity index is 456. The summed E-state index contributed by atoms with van der Waals surface area (Å²) in [7, 11) is 3.17. The van der Waals surface area contributed by atoms with Gasteiger partial charge >= 0.3 is 0 Å². The van der Waals surface area contributed by atoms with E-state index in [9.17, 15) is 9.18 Å². The number of hydrogen-bond acceptors (Lipinski definition) is 3. The van der Waals surface area contributed by atoms with Crippen molar-refractivity contribution in [3.05, 3.63) is 34.1 Å². The maximum atomic E-state index is 13.1. The van der Waals surface area contributed by atoms with Crippen molar-refractivity contribution >= 4 is 21.8 Å². The summed E-state index contributed by atoms with van der Waals surface area (Å²) in [4.78, 5) is 14.2. The van der Waals surface area contributed by atoms with Gasteiger partial charge in [0, 0.05) is 25.2 Å². The average Bonchev–Trinajstić information content (AvgIpc) is 2.39. The van der Waals surface area contributed by atoms with Gasteiger partial charge in [-0.25, -0.2) is 4.39 Å². The van der Waals surface area contributed by atoms with E-state index in [-0.39, 0.29) is 17.8 Å². The van der Waals surface area contributed by atoms with Crippen LogP contribution in [0.2, 0.25) is 0 Å². The van der Waals surface area contributed by atoms with Gasteiger partial charge in [-0.3, -0.25) is 4.79 Å². The molecule has 0 aliphatic heterocycles. The normalized spacial score (nSPS) is 12.2. The van der Waals surface area contributed by atoms with E-state index in [1.165, 1.54) is 18.2 Å². The van der Waals surface area contributed by atoms with Gasteiger partial charge in [0.15, 0.2) is 0 Å². The summed E-state index contributed by atoms with van der Waals surface area (Å²) in [5.74, 6) is -0.569. The number of hydrogen-bond donors (Lipinski definition) is 0. The Morgan fingerprint density at radius 3 is 2.65 bits per heavy atom. The summed E-state index contributed by atoms with van der Waals surface area (Å²) in [5.41, 5.74) is 0.422. The first kappa shape index (κ1) is 17.1. The summed E-state index contributed by atoms with van der Waals surface area (Å²) in [6.07, 6.45) is 0. The maximum Gasteiger partial charge on any atom is 0.255 e. The second kappa shape index (κ2) is 8.34. The van der Waals surface area contributed by atoms with Crippen molar-refractivity contribution in [2.24, 2.45) is 0 Å². The van der Waals surface area contributed by atoms with Crippen LogP contribution in [0.15, 0.2) is 22.7 Å². The Hall–Kier alpha value is -0.980. The van der Waals surface area contributed by atoms with Crippen LogP contribution < -0.4 is 0 Å². The monoisotopic (exact) mass is 347 g/mol. The summed E-state index contributed by atoms with van der Waals surface area (Å²) >= 11 is 3.22. The van der Waals surface area contributed by atoms with Crippen molar-refractivity contribution in [1.29, 1.82) is 0 Å². The smallest absolute Gasteiger partial charge is 0.255 e. The Labute approximate surface area is 127 Å². The zero-order valence-electron chi connectivity index (χ0n) is 11.9. The van der Waals surface area contributed by atoms with Crippen molar-refractivity contribution < 1.29 is 18.7 Å². The third-order valence-electron chi connectivity index (χ3n) is 2.90. The molecule has 0 fully saturated rings. The molecule has 1 amide bonds. The molecule has 112 valence electrons. The van der Waals surface area contributed by atoms with Crippen LogP contribution in [0, 0.1) is 5.82 Å². The molecule has 0 heterocycles. The molecule has 0 saturated heterocycles. The molecule has 0 spiro atoms. The molecular formula is C14H19BrFNO3. The highest BCUT2D eigenvalue weighted by Gasteiger charge is 2.23. The van der Waals surface area contributed by atoms with Crippen LogP contribution >= 0.6 is 15.9 Å². The van der Waals surface area contributed by atoms with Gasteiger partial charge in [0.1, 0.15) is 5.82 Å². The molecule has 20 heavy (non-hydrogen) atoms. The molecule has 1 aromatic rings. The average molecular weight is 348 g/mol. The second-order valence-electron chi connectivity index (χ2n) is 4.42. The maximum absolute atomic E-state index is 13.1. The van der Waals surface area contributed by atoms with Gasteiger partial charge in [-0.15, -0.1) is 0 Å². The number of amides is 1. The molecule has 0 aromatic heterocycles. The van der Waals surface area contributed by atoms with E-state index in [0.29, 0.717) is 29.8 Å². The van der Waals surface area contributed by atoms with Gasteiger partial charge in [-0.2, -0.15) is 0 Å². The molecular weight excluding hydrogens is 329 g/mol. The minimum Gasteiger partial charge on any atom is -0.383 e. The van der Waals surface area contributed by atoms with E-state index in [4.69, 9.17) is 9.47 Å². The standard InChI is InChI=1S/C14H19BrFNO3/c1-10(9-20-3)17(6-7-19-2)14(18)12-5-4-11(16)8-13(12)15/h4-5,8,10H,6-7,9H2,1-3H3. The predicted molar refractivity (Wildman–Crippen MR) is 78.4 cm³/mol. The third-order valence-corrected chi connectivity index (χ3v) is 3.55. The lowest BCUT2D eigenvalue weighted by molar-refractivity contribution is 0.0478. The minimum atomic E-state index is -0.387. The van der Waals surface area contributed by atoms with E-state index >= 15 is 0 Å². The molecule has 6 heteroatoms. The number of ether oxygens (including phenoxy) is 2. The molecule has 0 aliphatic carbocycles. The molecule has 0 N–H and O–H groups in total. The van der Waals surface area contributed by atoms with Crippen LogP contribution in [0.5, 0.6) is 0 Å². The zero-order chi connectivity index (χ0) is 15.1. The second-order valence-corrected chi connectivity index (χ2v) is 5.27. The number of halogens is 2. The summed E-state index contributed by atoms with van der Waals surface area (Å²) < 4.78 is 23.7. The van der Waals surface area contributed by atoms with E-state index in [2.05, 4.69) is 15.9 Å². The number of benzene rings is 1. The SMILES string of the molecule is COCCN(C(=O)c1ccc(F)cc1Br)C(C)COC. The first-order chi connectivity index (χ1) is 9.51. The highest BCUT2D eigenvalue weighted by atomic mass is 79.9. The van der Waals surface area contributed by atoms with Crippen molar-refractivity contribution in [2.45, 2.75) is 13.0 Å². The van der Waals surface area contributed by atoms with E-state index < -0.39 is 0 Å². The third kappa shape index (κ3) is 4.54. The molecule has 1 aromatic carbocycles. The van der Waals surface area contributed by atoms with Crippen LogP contribution in [0.1, 0.15) is 17.3 Å². The van der Waals surface area contributed by atoms with Crippen molar-refractivity contribution in [1.82, 2.24) is 4.90 Å². The molecule has 1 rings (SSSR count). The summed E-state index contributed by atoms with van der Waals surface area (Å²) in [6.45, 7) is 3.20. The summed E-state index contributed by atoms with van der Waals surface area (Å²) in [6, 6.07) is 3.93. The van der Waals surface area contributed by atoms with Crippen molar-refractivity contribution in [3.8, 4) is 0 Å². The van der Waals surface area contributed by atoms with E-state index in [1.54, 1.807) is 19.1 Å². The van der Waals surface area contributed by atoms with Crippen molar-refractivity contribution in [3.63, 3.8) is 0 Å². The molecule has 0 bridgehead atoms. The highest BCUT2D eigenvalue weighted by Crippen LogP contribution is 2.20. The van der Waals surface area contributed by atoms with Crippen molar-refractivity contribution in [2.75, 3.05) is 34.0 Å². The van der Waals surface area contributed by atoms with Crippen LogP contribution in [-0.4, -0.2) is 50.8 Å². The Kier molecular flexibility index (Phi) is 7.12. The van der Waals surface area contributed by atoms with Gasteiger partial charge in [0.2, 0.25) is 0 Å². The molecule has 0 aliphatic rings. The predicted octanol–water partition coefficient (Wildman–Crippen LogP) is 2.71. The van der Waals surface area contributed by atoms with Crippen LogP contribution in [0.25, 0.3) is 0 Å². The van der Waals surface area contributed by atoms with Crippen LogP contribution in [-0.2, 0) is 9.47 Å². The minimum absolute atomic E-state index is 0.0976. The van der Waals surface area contributed by atoms with Gasteiger partial charge in [-0.1, -0.05) is 0 Å². The van der Waals surface area contributed by atoms with Gasteiger partial charge < -0.3 is 14.4 Å². The fraction of sp³-hybridized carbons (Fsp3) is 0.500. The lowest BCUT2D eigenvalue weighted by Crippen LogP contribution is -2.43. The Morgan fingerprint density at radius 1 is 1.40 bits per heavy atom. The highest BCUT2D eigenvalue weighted by molar-refractivity contribution is 9.10. The van der Waals surface area contributed by atoms with Crippen LogP contribution in [0.3, 0.4) is 0 Å². The number of methoxy groups -OCH3 is 2. The van der Waals surface area contributed by atoms with Crippen LogP contribution in [0.4, 0.5) is 4.39 Å². The number of carbonyl (C=O) groups is 1. The largest absolute Gasteiger partial charge is 0.383 e. The first-order valence-corrected chi connectivity index (χ1v) is 7.04. The van der Waals surface area contributed by atoms with E-state index in [1.807, 2.05) is 6.92 Å². The van der Waals surface area contributed by atoms with E-state index in [0.717, 1.165) is 0 Å². The number of carbonyl (C=O) groups excluding carboxylic acids is 1. The fourth-order valence-electron chi connectivity index (χ4n) is 1.86. The Morgan fingerprint density at radius 2 is 2.10 bits per heavy atom. The number of rotatable bonds is 7. The molecule has 0 saturated carbocycles. The lowest BCUT2D eigenvalue weighted by atomic mass is 10.1. The number of nitrogens with zero attached hydrogens (tertiary/aromatic N) is 1.